The Morgan fingerprint density at radius 2 is 2.14 bits per heavy atom. The monoisotopic (exact) mass is 301 g/mol. The number of hydrogen-bond donors (Lipinski definition) is 1. The third-order valence-corrected chi connectivity index (χ3v) is 3.65. The summed E-state index contributed by atoms with van der Waals surface area (Å²) < 4.78 is 16.9. The zero-order valence-corrected chi connectivity index (χ0v) is 12.1. The Kier molecular flexibility index (Phi) is 3.86. The zero-order valence-electron chi connectivity index (χ0n) is 12.1. The van der Waals surface area contributed by atoms with Crippen molar-refractivity contribution in [2.24, 2.45) is 0 Å². The number of nitrogens with zero attached hydrogens (tertiary/aromatic N) is 4. The lowest BCUT2D eigenvalue weighted by atomic mass is 10.1. The Morgan fingerprint density at radius 3 is 2.86 bits per heavy atom. The van der Waals surface area contributed by atoms with Gasteiger partial charge in [-0.15, -0.1) is 0 Å². The summed E-state index contributed by atoms with van der Waals surface area (Å²) in [5, 5.41) is 10.7. The quantitative estimate of drug-likeness (QED) is 0.780. The van der Waals surface area contributed by atoms with Crippen LogP contribution >= 0.6 is 0 Å². The molecule has 0 unspecified atom stereocenters. The molecule has 0 spiro atoms. The second kappa shape index (κ2) is 5.97. The molecular formula is C15H16FN5O. The molecular weight excluding hydrogens is 285 g/mol. The largest absolute Gasteiger partial charge is 0.343 e. The number of aromatic amines is 1. The summed E-state index contributed by atoms with van der Waals surface area (Å²) in [4.78, 5) is 11.9. The standard InChI is InChI=1S/C15H16FN5O/c1-11(21-9-4-8-17-21)14-18-19-15(22)20(14)10-7-12-5-2-3-6-13(12)16/h2-6,8-9,11H,7,10H2,1H3,(H,19,22)/t11-/m0/s1. The Labute approximate surface area is 126 Å². The van der Waals surface area contributed by atoms with Crippen molar-refractivity contribution < 1.29 is 4.39 Å². The average molecular weight is 301 g/mol. The van der Waals surface area contributed by atoms with Crippen molar-refractivity contribution in [2.75, 3.05) is 0 Å². The number of aryl methyl sites for hydroxylation is 1. The van der Waals surface area contributed by atoms with E-state index >= 15 is 0 Å². The first kappa shape index (κ1) is 14.2. The second-order valence-corrected chi connectivity index (χ2v) is 5.04. The van der Waals surface area contributed by atoms with Gasteiger partial charge in [0.2, 0.25) is 0 Å². The summed E-state index contributed by atoms with van der Waals surface area (Å²) in [5.74, 6) is 0.311. The molecule has 0 aliphatic heterocycles. The van der Waals surface area contributed by atoms with Crippen LogP contribution in [0.15, 0.2) is 47.5 Å². The predicted molar refractivity (Wildman–Crippen MR) is 79.0 cm³/mol. The van der Waals surface area contributed by atoms with Crippen LogP contribution in [0.25, 0.3) is 0 Å². The number of hydrogen-bond acceptors (Lipinski definition) is 3. The Bertz CT molecular complexity index is 805. The molecule has 0 aliphatic carbocycles. The summed E-state index contributed by atoms with van der Waals surface area (Å²) >= 11 is 0. The van der Waals surface area contributed by atoms with Gasteiger partial charge >= 0.3 is 5.69 Å². The third-order valence-electron chi connectivity index (χ3n) is 3.65. The van der Waals surface area contributed by atoms with Crippen LogP contribution in [0.1, 0.15) is 24.4 Å². The minimum Gasteiger partial charge on any atom is -0.277 e. The van der Waals surface area contributed by atoms with E-state index in [1.54, 1.807) is 29.1 Å². The molecule has 0 aliphatic rings. The minimum absolute atomic E-state index is 0.186. The Balaban J connectivity index is 1.84. The molecule has 1 aromatic carbocycles. The fourth-order valence-electron chi connectivity index (χ4n) is 2.43. The van der Waals surface area contributed by atoms with Gasteiger partial charge in [0.05, 0.1) is 0 Å². The number of rotatable bonds is 5. The van der Waals surface area contributed by atoms with Gasteiger partial charge < -0.3 is 0 Å². The van der Waals surface area contributed by atoms with Crippen molar-refractivity contribution >= 4 is 0 Å². The summed E-state index contributed by atoms with van der Waals surface area (Å²) in [6, 6.07) is 8.19. The molecule has 0 saturated carbocycles. The molecule has 2 heterocycles. The molecule has 0 fully saturated rings. The number of benzene rings is 1. The Morgan fingerprint density at radius 1 is 1.32 bits per heavy atom. The molecule has 22 heavy (non-hydrogen) atoms. The third kappa shape index (κ3) is 2.69. The van der Waals surface area contributed by atoms with Crippen molar-refractivity contribution in [1.82, 2.24) is 24.5 Å². The first-order valence-electron chi connectivity index (χ1n) is 7.04. The number of halogens is 1. The summed E-state index contributed by atoms with van der Waals surface area (Å²) in [7, 11) is 0. The van der Waals surface area contributed by atoms with E-state index in [-0.39, 0.29) is 17.5 Å². The molecule has 6 nitrogen and oxygen atoms in total. The normalized spacial score (nSPS) is 12.5. The molecule has 3 aromatic rings. The minimum atomic E-state index is -0.301. The van der Waals surface area contributed by atoms with Crippen LogP contribution in [0, 0.1) is 5.82 Å². The van der Waals surface area contributed by atoms with Gasteiger partial charge in [-0.1, -0.05) is 18.2 Å². The van der Waals surface area contributed by atoms with Gasteiger partial charge in [0, 0.05) is 18.9 Å². The van der Waals surface area contributed by atoms with E-state index in [1.165, 1.54) is 10.6 Å². The molecule has 0 radical (unpaired) electrons. The van der Waals surface area contributed by atoms with Gasteiger partial charge in [-0.3, -0.25) is 9.25 Å². The van der Waals surface area contributed by atoms with Gasteiger partial charge in [0.1, 0.15) is 11.9 Å². The smallest absolute Gasteiger partial charge is 0.277 e. The predicted octanol–water partition coefficient (Wildman–Crippen LogP) is 1.76. The first-order chi connectivity index (χ1) is 10.7. The summed E-state index contributed by atoms with van der Waals surface area (Å²) in [6.07, 6.45) is 3.90. The van der Waals surface area contributed by atoms with E-state index in [0.717, 1.165) is 0 Å². The first-order valence-corrected chi connectivity index (χ1v) is 7.04. The maximum Gasteiger partial charge on any atom is 0.343 e. The van der Waals surface area contributed by atoms with Gasteiger partial charge in [-0.05, 0) is 31.0 Å². The highest BCUT2D eigenvalue weighted by molar-refractivity contribution is 5.17. The lowest BCUT2D eigenvalue weighted by Gasteiger charge is -2.13. The SMILES string of the molecule is C[C@@H](c1n[nH]c(=O)n1CCc1ccccc1F)n1cccn1. The van der Waals surface area contributed by atoms with Crippen molar-refractivity contribution in [3.8, 4) is 0 Å². The van der Waals surface area contributed by atoms with Gasteiger partial charge in [-0.25, -0.2) is 14.3 Å². The lowest BCUT2D eigenvalue weighted by Crippen LogP contribution is -2.23. The van der Waals surface area contributed by atoms with E-state index < -0.39 is 0 Å². The van der Waals surface area contributed by atoms with Crippen molar-refractivity contribution in [3.63, 3.8) is 0 Å². The van der Waals surface area contributed by atoms with Crippen LogP contribution in [0.2, 0.25) is 0 Å². The molecule has 1 N–H and O–H groups in total. The maximum absolute atomic E-state index is 13.7. The molecule has 0 bridgehead atoms. The lowest BCUT2D eigenvalue weighted by molar-refractivity contribution is 0.495. The fraction of sp³-hybridized carbons (Fsp3) is 0.267. The van der Waals surface area contributed by atoms with Gasteiger partial charge in [-0.2, -0.15) is 10.2 Å². The molecule has 114 valence electrons. The zero-order chi connectivity index (χ0) is 15.5. The molecule has 3 rings (SSSR count). The van der Waals surface area contributed by atoms with E-state index in [4.69, 9.17) is 0 Å². The fourth-order valence-corrected chi connectivity index (χ4v) is 2.43. The van der Waals surface area contributed by atoms with E-state index in [1.807, 2.05) is 19.2 Å². The van der Waals surface area contributed by atoms with Crippen molar-refractivity contribution in [3.05, 3.63) is 70.4 Å². The molecule has 1 atom stereocenters. The van der Waals surface area contributed by atoms with Crippen LogP contribution in [0.5, 0.6) is 0 Å². The van der Waals surface area contributed by atoms with Gasteiger partial charge in [0.15, 0.2) is 5.82 Å². The van der Waals surface area contributed by atoms with E-state index in [9.17, 15) is 9.18 Å². The van der Waals surface area contributed by atoms with Crippen LogP contribution in [0.4, 0.5) is 4.39 Å². The average Bonchev–Trinajstić information content (AvgIpc) is 3.16. The Hall–Kier alpha value is -2.70. The molecule has 2 aromatic heterocycles. The summed E-state index contributed by atoms with van der Waals surface area (Å²) in [6.45, 7) is 2.26. The van der Waals surface area contributed by atoms with Crippen LogP contribution in [-0.4, -0.2) is 24.5 Å². The summed E-state index contributed by atoms with van der Waals surface area (Å²) in [5.41, 5.74) is 0.277. The topological polar surface area (TPSA) is 68.5 Å². The number of aromatic nitrogens is 5. The van der Waals surface area contributed by atoms with Crippen LogP contribution in [0.3, 0.4) is 0 Å². The van der Waals surface area contributed by atoms with Crippen molar-refractivity contribution in [2.45, 2.75) is 25.9 Å². The number of nitrogens with one attached hydrogen (secondary N) is 1. The highest BCUT2D eigenvalue weighted by atomic mass is 19.1. The van der Waals surface area contributed by atoms with Crippen molar-refractivity contribution in [1.29, 1.82) is 0 Å². The molecule has 0 amide bonds. The van der Waals surface area contributed by atoms with Gasteiger partial charge in [0.25, 0.3) is 0 Å². The second-order valence-electron chi connectivity index (χ2n) is 5.04. The highest BCUT2D eigenvalue weighted by Gasteiger charge is 2.17. The highest BCUT2D eigenvalue weighted by Crippen LogP contribution is 2.14. The van der Waals surface area contributed by atoms with E-state index in [2.05, 4.69) is 15.3 Å². The molecule has 0 saturated heterocycles. The number of H-pyrrole nitrogens is 1. The molecule has 7 heteroatoms. The van der Waals surface area contributed by atoms with Crippen LogP contribution in [-0.2, 0) is 13.0 Å². The van der Waals surface area contributed by atoms with E-state index in [0.29, 0.717) is 24.4 Å². The van der Waals surface area contributed by atoms with Crippen LogP contribution < -0.4 is 5.69 Å². The maximum atomic E-state index is 13.7.